The summed E-state index contributed by atoms with van der Waals surface area (Å²) in [6, 6.07) is 0. The predicted molar refractivity (Wildman–Crippen MR) is 128 cm³/mol. The summed E-state index contributed by atoms with van der Waals surface area (Å²) in [6.45, 7) is 6.21. The Morgan fingerprint density at radius 3 is 1.26 bits per heavy atom. The molecule has 0 aliphatic carbocycles. The minimum Gasteiger partial charge on any atom is -0.388 e. The lowest BCUT2D eigenvalue weighted by atomic mass is 9.93. The van der Waals surface area contributed by atoms with Crippen LogP contribution in [0, 0.1) is 5.92 Å². The van der Waals surface area contributed by atoms with E-state index in [1.54, 1.807) is 13.8 Å². The average Bonchev–Trinajstić information content (AvgIpc) is 2.87. The van der Waals surface area contributed by atoms with E-state index in [2.05, 4.69) is 0 Å². The quantitative estimate of drug-likeness (QED) is 0.121. The number of ether oxygens (including phenoxy) is 6. The molecule has 0 amide bonds. The number of aliphatic hydroxyl groups is 9. The normalized spacial score (nSPS) is 47.6. The van der Waals surface area contributed by atoms with Crippen molar-refractivity contribution in [3.8, 4) is 0 Å². The summed E-state index contributed by atoms with van der Waals surface area (Å²) in [5.74, 6) is 0.106. The molecule has 3 rings (SSSR count). The van der Waals surface area contributed by atoms with Crippen LogP contribution < -0.4 is 0 Å². The van der Waals surface area contributed by atoms with Crippen LogP contribution in [0.2, 0.25) is 0 Å². The van der Waals surface area contributed by atoms with Gasteiger partial charge in [0.05, 0.1) is 25.4 Å². The second kappa shape index (κ2) is 14.0. The molecule has 0 radical (unpaired) electrons. The molecule has 3 saturated heterocycles. The molecule has 15 atom stereocenters. The van der Waals surface area contributed by atoms with Crippen molar-refractivity contribution in [3.63, 3.8) is 0 Å². The van der Waals surface area contributed by atoms with Gasteiger partial charge < -0.3 is 74.4 Å². The third kappa shape index (κ3) is 7.82. The van der Waals surface area contributed by atoms with Crippen molar-refractivity contribution in [3.05, 3.63) is 0 Å². The van der Waals surface area contributed by atoms with E-state index in [1.807, 2.05) is 13.8 Å². The highest BCUT2D eigenvalue weighted by Crippen LogP contribution is 2.29. The summed E-state index contributed by atoms with van der Waals surface area (Å²) >= 11 is 0. The van der Waals surface area contributed by atoms with E-state index >= 15 is 0 Å². The Bertz CT molecular complexity index is 684. The van der Waals surface area contributed by atoms with E-state index in [-0.39, 0.29) is 12.0 Å². The van der Waals surface area contributed by atoms with Crippen LogP contribution in [0.4, 0.5) is 0 Å². The Labute approximate surface area is 226 Å². The van der Waals surface area contributed by atoms with Crippen molar-refractivity contribution in [2.75, 3.05) is 13.2 Å². The van der Waals surface area contributed by atoms with E-state index in [4.69, 9.17) is 28.4 Å². The fourth-order valence-corrected chi connectivity index (χ4v) is 4.72. The minimum atomic E-state index is -1.74. The van der Waals surface area contributed by atoms with Crippen molar-refractivity contribution in [1.82, 2.24) is 0 Å². The Hall–Kier alpha value is -0.600. The Morgan fingerprint density at radius 2 is 0.846 bits per heavy atom. The van der Waals surface area contributed by atoms with Crippen LogP contribution in [0.3, 0.4) is 0 Å². The first-order chi connectivity index (χ1) is 18.2. The van der Waals surface area contributed by atoms with Gasteiger partial charge >= 0.3 is 0 Å². The van der Waals surface area contributed by atoms with Gasteiger partial charge in [-0.15, -0.1) is 0 Å². The number of rotatable bonds is 10. The first-order valence-electron chi connectivity index (χ1n) is 13.2. The zero-order chi connectivity index (χ0) is 29.2. The first kappa shape index (κ1) is 32.9. The van der Waals surface area contributed by atoms with Crippen molar-refractivity contribution < 1.29 is 74.4 Å². The topological polar surface area (TPSA) is 237 Å². The zero-order valence-corrected chi connectivity index (χ0v) is 22.4. The van der Waals surface area contributed by atoms with Gasteiger partial charge in [-0.25, -0.2) is 0 Å². The summed E-state index contributed by atoms with van der Waals surface area (Å²) in [7, 11) is 0. The molecule has 3 heterocycles. The fourth-order valence-electron chi connectivity index (χ4n) is 4.72. The highest BCUT2D eigenvalue weighted by Gasteiger charge is 2.49. The summed E-state index contributed by atoms with van der Waals surface area (Å²) in [6.07, 6.45) is -21.8. The molecule has 15 unspecified atom stereocenters. The van der Waals surface area contributed by atoms with Gasteiger partial charge in [0.2, 0.25) is 0 Å². The molecule has 0 spiro atoms. The van der Waals surface area contributed by atoms with Gasteiger partial charge in [-0.1, -0.05) is 13.8 Å². The second-order valence-corrected chi connectivity index (χ2v) is 11.0. The lowest BCUT2D eigenvalue weighted by molar-refractivity contribution is -0.343. The van der Waals surface area contributed by atoms with E-state index in [1.165, 1.54) is 0 Å². The third-order valence-corrected chi connectivity index (χ3v) is 6.97. The van der Waals surface area contributed by atoms with Crippen LogP contribution in [-0.4, -0.2) is 157 Å². The molecule has 0 saturated carbocycles. The standard InChI is InChI=1S/C24H44O15/c1-8(2)5-10-13(25)16(28)19(31)22(37-10)34-6-11-14(26)17(29)20(32)23(38-11)35-7-12-15(27)18(30)21(33)24(39-12)36-9(3)4/h8-33H,5-7H2,1-4H3. The molecule has 9 N–H and O–H groups in total. The molecule has 0 aromatic carbocycles. The maximum atomic E-state index is 10.4. The highest BCUT2D eigenvalue weighted by molar-refractivity contribution is 4.93. The van der Waals surface area contributed by atoms with Crippen molar-refractivity contribution >= 4 is 0 Å². The molecular formula is C24H44O15. The smallest absolute Gasteiger partial charge is 0.186 e. The highest BCUT2D eigenvalue weighted by atomic mass is 16.7. The van der Waals surface area contributed by atoms with Crippen LogP contribution >= 0.6 is 0 Å². The summed E-state index contributed by atoms with van der Waals surface area (Å²) in [5, 5.41) is 92.5. The summed E-state index contributed by atoms with van der Waals surface area (Å²) in [5.41, 5.74) is 0. The van der Waals surface area contributed by atoms with Gasteiger partial charge in [-0.05, 0) is 26.2 Å². The fraction of sp³-hybridized carbons (Fsp3) is 1.00. The maximum absolute atomic E-state index is 10.4. The van der Waals surface area contributed by atoms with E-state index < -0.39 is 105 Å². The maximum Gasteiger partial charge on any atom is 0.186 e. The Kier molecular flexibility index (Phi) is 11.9. The van der Waals surface area contributed by atoms with E-state index in [0.717, 1.165) is 0 Å². The van der Waals surface area contributed by atoms with Crippen LogP contribution in [0.5, 0.6) is 0 Å². The number of hydrogen-bond acceptors (Lipinski definition) is 15. The van der Waals surface area contributed by atoms with Crippen molar-refractivity contribution in [1.29, 1.82) is 0 Å². The molecule has 3 aliphatic rings. The van der Waals surface area contributed by atoms with E-state index in [0.29, 0.717) is 6.42 Å². The van der Waals surface area contributed by atoms with Gasteiger partial charge in [-0.2, -0.15) is 0 Å². The van der Waals surface area contributed by atoms with Gasteiger partial charge in [0.25, 0.3) is 0 Å². The summed E-state index contributed by atoms with van der Waals surface area (Å²) < 4.78 is 33.2. The largest absolute Gasteiger partial charge is 0.388 e. The zero-order valence-electron chi connectivity index (χ0n) is 22.4. The summed E-state index contributed by atoms with van der Waals surface area (Å²) in [4.78, 5) is 0. The third-order valence-electron chi connectivity index (χ3n) is 6.97. The molecule has 0 bridgehead atoms. The lowest BCUT2D eigenvalue weighted by Crippen LogP contribution is -2.62. The molecule has 3 aliphatic heterocycles. The number of aliphatic hydroxyl groups excluding tert-OH is 9. The Balaban J connectivity index is 1.60. The molecule has 15 nitrogen and oxygen atoms in total. The molecule has 230 valence electrons. The monoisotopic (exact) mass is 572 g/mol. The minimum absolute atomic E-state index is 0.106. The van der Waals surface area contributed by atoms with Gasteiger partial charge in [0, 0.05) is 0 Å². The first-order valence-corrected chi connectivity index (χ1v) is 13.2. The van der Waals surface area contributed by atoms with Gasteiger partial charge in [0.15, 0.2) is 18.9 Å². The molecule has 0 aromatic heterocycles. The van der Waals surface area contributed by atoms with Gasteiger partial charge in [-0.3, -0.25) is 0 Å². The molecule has 0 aromatic rings. The predicted octanol–water partition coefficient (Wildman–Crippen LogP) is -4.09. The van der Waals surface area contributed by atoms with Gasteiger partial charge in [0.1, 0.15) is 67.1 Å². The van der Waals surface area contributed by atoms with Crippen LogP contribution in [0.15, 0.2) is 0 Å². The SMILES string of the molecule is CC(C)CC1OC(OCC2OC(OCC3OC(OC(C)C)C(O)C(O)C3O)C(O)C(O)C2O)C(O)C(O)C1O. The molecule has 15 heteroatoms. The van der Waals surface area contributed by atoms with Crippen LogP contribution in [0.1, 0.15) is 34.1 Å². The van der Waals surface area contributed by atoms with Crippen molar-refractivity contribution in [2.24, 2.45) is 5.92 Å². The molecule has 39 heavy (non-hydrogen) atoms. The average molecular weight is 573 g/mol. The van der Waals surface area contributed by atoms with Crippen molar-refractivity contribution in [2.45, 2.75) is 132 Å². The lowest BCUT2D eigenvalue weighted by Gasteiger charge is -2.44. The Morgan fingerprint density at radius 1 is 0.487 bits per heavy atom. The van der Waals surface area contributed by atoms with Crippen LogP contribution in [0.25, 0.3) is 0 Å². The van der Waals surface area contributed by atoms with Crippen LogP contribution in [-0.2, 0) is 28.4 Å². The number of hydrogen-bond donors (Lipinski definition) is 9. The molecular weight excluding hydrogens is 528 g/mol. The van der Waals surface area contributed by atoms with E-state index in [9.17, 15) is 46.0 Å². The second-order valence-electron chi connectivity index (χ2n) is 11.0. The molecule has 3 fully saturated rings.